The quantitative estimate of drug-likeness (QED) is 0.935. The van der Waals surface area contributed by atoms with Crippen molar-refractivity contribution in [3.05, 3.63) is 52.1 Å². The van der Waals surface area contributed by atoms with Gasteiger partial charge in [-0.2, -0.15) is 0 Å². The molecule has 20 heavy (non-hydrogen) atoms. The maximum atomic E-state index is 12.2. The molecule has 4 nitrogen and oxygen atoms in total. The van der Waals surface area contributed by atoms with E-state index in [0.717, 1.165) is 15.9 Å². The summed E-state index contributed by atoms with van der Waals surface area (Å²) in [6.45, 7) is 1.91. The van der Waals surface area contributed by atoms with Gasteiger partial charge in [-0.15, -0.1) is 0 Å². The van der Waals surface area contributed by atoms with Gasteiger partial charge in [-0.1, -0.05) is 22.0 Å². The van der Waals surface area contributed by atoms with Crippen LogP contribution in [-0.4, -0.2) is 25.0 Å². The highest BCUT2D eigenvalue weighted by Crippen LogP contribution is 2.20. The number of benzene rings is 1. The minimum Gasteiger partial charge on any atom is -0.363 e. The number of nitrogens with zero attached hydrogens (tertiary/aromatic N) is 2. The van der Waals surface area contributed by atoms with Crippen LogP contribution >= 0.6 is 15.9 Å². The zero-order valence-corrected chi connectivity index (χ0v) is 13.2. The minimum atomic E-state index is -0.136. The lowest BCUT2D eigenvalue weighted by atomic mass is 10.1. The van der Waals surface area contributed by atoms with Crippen LogP contribution in [0.5, 0.6) is 0 Å². The lowest BCUT2D eigenvalue weighted by molar-refractivity contribution is 0.102. The Hall–Kier alpha value is -1.88. The van der Waals surface area contributed by atoms with E-state index in [0.29, 0.717) is 11.3 Å². The molecule has 0 saturated heterocycles. The van der Waals surface area contributed by atoms with E-state index in [1.165, 1.54) is 0 Å². The van der Waals surface area contributed by atoms with E-state index in [-0.39, 0.29) is 5.91 Å². The zero-order chi connectivity index (χ0) is 14.7. The summed E-state index contributed by atoms with van der Waals surface area (Å²) in [4.78, 5) is 18.4. The van der Waals surface area contributed by atoms with Crippen molar-refractivity contribution in [2.75, 3.05) is 24.3 Å². The van der Waals surface area contributed by atoms with Gasteiger partial charge in [0.15, 0.2) is 0 Å². The number of amides is 1. The van der Waals surface area contributed by atoms with Crippen LogP contribution < -0.4 is 10.2 Å². The summed E-state index contributed by atoms with van der Waals surface area (Å²) < 4.78 is 0.922. The lowest BCUT2D eigenvalue weighted by Gasteiger charge is -2.12. The van der Waals surface area contributed by atoms with Crippen molar-refractivity contribution >= 4 is 33.3 Å². The van der Waals surface area contributed by atoms with Gasteiger partial charge in [0.2, 0.25) is 0 Å². The Morgan fingerprint density at radius 3 is 2.60 bits per heavy atom. The summed E-state index contributed by atoms with van der Waals surface area (Å²) in [5.41, 5.74) is 2.25. The molecule has 0 aliphatic heterocycles. The molecular weight excluding hydrogens is 318 g/mol. The summed E-state index contributed by atoms with van der Waals surface area (Å²) in [6.07, 6.45) is 1.65. The van der Waals surface area contributed by atoms with Crippen molar-refractivity contribution in [3.8, 4) is 0 Å². The average Bonchev–Trinajstić information content (AvgIpc) is 2.42. The third kappa shape index (κ3) is 3.17. The Bertz CT molecular complexity index is 624. The Labute approximate surface area is 127 Å². The molecule has 0 bridgehead atoms. The topological polar surface area (TPSA) is 45.2 Å². The molecule has 1 aromatic carbocycles. The molecule has 0 atom stereocenters. The van der Waals surface area contributed by atoms with E-state index >= 15 is 0 Å². The molecule has 2 aromatic rings. The molecule has 0 fully saturated rings. The number of carbonyl (C=O) groups excluding carboxylic acids is 1. The van der Waals surface area contributed by atoms with Crippen molar-refractivity contribution in [2.45, 2.75) is 6.92 Å². The fourth-order valence-electron chi connectivity index (χ4n) is 1.78. The minimum absolute atomic E-state index is 0.136. The van der Waals surface area contributed by atoms with Gasteiger partial charge in [-0.3, -0.25) is 4.79 Å². The highest BCUT2D eigenvalue weighted by molar-refractivity contribution is 9.10. The predicted molar refractivity (Wildman–Crippen MR) is 85.4 cm³/mol. The smallest absolute Gasteiger partial charge is 0.256 e. The van der Waals surface area contributed by atoms with Crippen molar-refractivity contribution in [2.24, 2.45) is 0 Å². The molecule has 0 aliphatic carbocycles. The molecule has 1 heterocycles. The van der Waals surface area contributed by atoms with Gasteiger partial charge in [0.05, 0.1) is 11.9 Å². The van der Waals surface area contributed by atoms with Crippen LogP contribution in [0.2, 0.25) is 0 Å². The van der Waals surface area contributed by atoms with Crippen LogP contribution in [0, 0.1) is 6.92 Å². The molecule has 0 unspecified atom stereocenters. The summed E-state index contributed by atoms with van der Waals surface area (Å²) in [5.74, 6) is 0.713. The molecule has 0 spiro atoms. The fourth-order valence-corrected chi connectivity index (χ4v) is 2.14. The number of carbonyl (C=O) groups is 1. The van der Waals surface area contributed by atoms with Crippen LogP contribution in [0.15, 0.2) is 41.0 Å². The first kappa shape index (κ1) is 14.5. The fraction of sp³-hybridized carbons (Fsp3) is 0.200. The molecule has 0 radical (unpaired) electrons. The van der Waals surface area contributed by atoms with E-state index in [1.54, 1.807) is 12.3 Å². The first-order chi connectivity index (χ1) is 9.49. The van der Waals surface area contributed by atoms with Crippen molar-refractivity contribution in [3.63, 3.8) is 0 Å². The second kappa shape index (κ2) is 6.05. The highest BCUT2D eigenvalue weighted by Gasteiger charge is 2.11. The van der Waals surface area contributed by atoms with Gasteiger partial charge >= 0.3 is 0 Å². The van der Waals surface area contributed by atoms with Gasteiger partial charge in [-0.05, 0) is 36.8 Å². The van der Waals surface area contributed by atoms with Gasteiger partial charge in [0.1, 0.15) is 5.82 Å². The summed E-state index contributed by atoms with van der Waals surface area (Å²) in [6, 6.07) is 9.27. The van der Waals surface area contributed by atoms with Gasteiger partial charge in [-0.25, -0.2) is 4.98 Å². The first-order valence-electron chi connectivity index (χ1n) is 6.19. The van der Waals surface area contributed by atoms with E-state index in [4.69, 9.17) is 0 Å². The molecule has 1 N–H and O–H groups in total. The molecule has 1 aromatic heterocycles. The summed E-state index contributed by atoms with van der Waals surface area (Å²) in [7, 11) is 3.84. The van der Waals surface area contributed by atoms with Crippen LogP contribution in [0.4, 0.5) is 11.5 Å². The molecular formula is C15H16BrN3O. The number of nitrogens with one attached hydrogen (secondary N) is 1. The van der Waals surface area contributed by atoms with Crippen LogP contribution in [0.3, 0.4) is 0 Å². The van der Waals surface area contributed by atoms with Crippen molar-refractivity contribution in [1.29, 1.82) is 0 Å². The molecule has 0 saturated carbocycles. The van der Waals surface area contributed by atoms with E-state index in [1.807, 2.05) is 50.2 Å². The third-order valence-corrected chi connectivity index (χ3v) is 3.84. The highest BCUT2D eigenvalue weighted by atomic mass is 79.9. The maximum Gasteiger partial charge on any atom is 0.256 e. The monoisotopic (exact) mass is 333 g/mol. The lowest BCUT2D eigenvalue weighted by Crippen LogP contribution is -2.14. The number of rotatable bonds is 3. The zero-order valence-electron chi connectivity index (χ0n) is 11.6. The molecule has 104 valence electrons. The largest absolute Gasteiger partial charge is 0.363 e. The molecule has 0 aliphatic rings. The second-order valence-electron chi connectivity index (χ2n) is 4.67. The van der Waals surface area contributed by atoms with Gasteiger partial charge < -0.3 is 10.2 Å². The number of anilines is 2. The average molecular weight is 334 g/mol. The van der Waals surface area contributed by atoms with E-state index in [9.17, 15) is 4.79 Å². The molecule has 1 amide bonds. The van der Waals surface area contributed by atoms with Crippen LogP contribution in [-0.2, 0) is 0 Å². The Morgan fingerprint density at radius 1 is 1.25 bits per heavy atom. The Balaban J connectivity index is 2.17. The van der Waals surface area contributed by atoms with Gasteiger partial charge in [0.25, 0.3) is 5.91 Å². The number of halogens is 1. The van der Waals surface area contributed by atoms with Crippen molar-refractivity contribution < 1.29 is 4.79 Å². The van der Waals surface area contributed by atoms with Crippen molar-refractivity contribution in [1.82, 2.24) is 4.98 Å². The normalized spacial score (nSPS) is 10.2. The maximum absolute atomic E-state index is 12.2. The van der Waals surface area contributed by atoms with E-state index in [2.05, 4.69) is 26.2 Å². The molecule has 2 rings (SSSR count). The number of hydrogen-bond acceptors (Lipinski definition) is 3. The van der Waals surface area contributed by atoms with Crippen LogP contribution in [0.1, 0.15) is 15.9 Å². The number of hydrogen-bond donors (Lipinski definition) is 1. The number of aromatic nitrogens is 1. The van der Waals surface area contributed by atoms with Gasteiger partial charge in [0, 0.05) is 24.1 Å². The number of pyridine rings is 1. The summed E-state index contributed by atoms with van der Waals surface area (Å²) in [5, 5.41) is 2.85. The SMILES string of the molecule is Cc1c(Br)cccc1C(=O)Nc1ccc(N(C)C)nc1. The van der Waals surface area contributed by atoms with E-state index < -0.39 is 0 Å². The standard InChI is InChI=1S/C15H16BrN3O/c1-10-12(5-4-6-13(10)16)15(20)18-11-7-8-14(17-9-11)19(2)3/h4-9H,1-3H3,(H,18,20). The Morgan fingerprint density at radius 2 is 2.00 bits per heavy atom. The first-order valence-corrected chi connectivity index (χ1v) is 6.98. The third-order valence-electron chi connectivity index (χ3n) is 2.98. The predicted octanol–water partition coefficient (Wildman–Crippen LogP) is 3.47. The second-order valence-corrected chi connectivity index (χ2v) is 5.52. The van der Waals surface area contributed by atoms with Crippen LogP contribution in [0.25, 0.3) is 0 Å². The molecule has 5 heteroatoms. The summed E-state index contributed by atoms with van der Waals surface area (Å²) >= 11 is 3.43. The Kier molecular flexibility index (Phi) is 4.39.